The summed E-state index contributed by atoms with van der Waals surface area (Å²) in [5, 5.41) is 6.81. The normalized spacial score (nSPS) is 10.8. The molecule has 0 amide bonds. The number of rotatable bonds is 6. The fourth-order valence-electron chi connectivity index (χ4n) is 2.57. The average molecular weight is 409 g/mol. The molecule has 0 spiro atoms. The van der Waals surface area contributed by atoms with Crippen molar-refractivity contribution in [2.45, 2.75) is 13.5 Å². The van der Waals surface area contributed by atoms with E-state index in [1.165, 1.54) is 18.3 Å². The highest BCUT2D eigenvalue weighted by Gasteiger charge is 2.15. The molecule has 0 N–H and O–H groups in total. The summed E-state index contributed by atoms with van der Waals surface area (Å²) in [7, 11) is 0. The van der Waals surface area contributed by atoms with Crippen LogP contribution in [0, 0.1) is 0 Å². The molecule has 0 aliphatic heterocycles. The molecule has 0 atom stereocenters. The van der Waals surface area contributed by atoms with Crippen molar-refractivity contribution in [1.29, 1.82) is 0 Å². The third-order valence-corrected chi connectivity index (χ3v) is 5.68. The number of Topliss-reactive ketones (excluding diaryl/α,β-unsaturated/α-hetero) is 1. The standard InChI is InChI=1S/C21H15NO4S2/c1-13(23)14-2-4-15(5-3-14)18-6-7-19(26-18)21(24)25-10-17-12-28-20(22-17)16-8-9-27-11-16/h2-9,11-12H,10H2,1H3. The third kappa shape index (κ3) is 3.95. The zero-order valence-electron chi connectivity index (χ0n) is 14.9. The van der Waals surface area contributed by atoms with Crippen molar-refractivity contribution in [3.05, 3.63) is 75.6 Å². The molecule has 0 fully saturated rings. The Bertz CT molecular complexity index is 1110. The second-order valence-electron chi connectivity index (χ2n) is 6.03. The molecule has 0 saturated carbocycles. The van der Waals surface area contributed by atoms with Crippen LogP contribution in [0.15, 0.2) is 63.0 Å². The van der Waals surface area contributed by atoms with Crippen LogP contribution < -0.4 is 0 Å². The molecule has 3 heterocycles. The summed E-state index contributed by atoms with van der Waals surface area (Å²) in [5.74, 6) is 0.116. The number of benzene rings is 1. The van der Waals surface area contributed by atoms with Crippen LogP contribution in [0.4, 0.5) is 0 Å². The number of esters is 1. The van der Waals surface area contributed by atoms with Crippen molar-refractivity contribution in [3.63, 3.8) is 0 Å². The molecule has 0 saturated heterocycles. The Kier molecular flexibility index (Phi) is 5.18. The molecule has 0 unspecified atom stereocenters. The van der Waals surface area contributed by atoms with Gasteiger partial charge in [0.25, 0.3) is 0 Å². The van der Waals surface area contributed by atoms with Crippen molar-refractivity contribution in [2.75, 3.05) is 0 Å². The summed E-state index contributed by atoms with van der Waals surface area (Å²) in [6, 6.07) is 12.3. The maximum atomic E-state index is 12.3. The van der Waals surface area contributed by atoms with Crippen molar-refractivity contribution in [3.8, 4) is 21.9 Å². The number of nitrogens with zero attached hydrogens (tertiary/aromatic N) is 1. The first-order chi connectivity index (χ1) is 13.6. The number of hydrogen-bond acceptors (Lipinski definition) is 7. The summed E-state index contributed by atoms with van der Waals surface area (Å²) < 4.78 is 10.9. The van der Waals surface area contributed by atoms with Crippen LogP contribution in [0.25, 0.3) is 21.9 Å². The Morgan fingerprint density at radius 3 is 2.57 bits per heavy atom. The quantitative estimate of drug-likeness (QED) is 0.302. The number of carbonyl (C=O) groups excluding carboxylic acids is 2. The monoisotopic (exact) mass is 409 g/mol. The maximum Gasteiger partial charge on any atom is 0.374 e. The molecule has 4 rings (SSSR count). The fourth-order valence-corrected chi connectivity index (χ4v) is 4.09. The minimum atomic E-state index is -0.545. The number of thiazole rings is 1. The summed E-state index contributed by atoms with van der Waals surface area (Å²) in [6.45, 7) is 1.60. The molecule has 4 aromatic rings. The first kappa shape index (κ1) is 18.3. The van der Waals surface area contributed by atoms with Gasteiger partial charge in [-0.05, 0) is 30.5 Å². The van der Waals surface area contributed by atoms with E-state index in [1.54, 1.807) is 47.7 Å². The van der Waals surface area contributed by atoms with Crippen LogP contribution >= 0.6 is 22.7 Å². The summed E-state index contributed by atoms with van der Waals surface area (Å²) in [6.07, 6.45) is 0. The van der Waals surface area contributed by atoms with Gasteiger partial charge in [-0.3, -0.25) is 4.79 Å². The minimum absolute atomic E-state index is 0.000503. The lowest BCUT2D eigenvalue weighted by molar-refractivity contribution is 0.0433. The Labute approximate surface area is 169 Å². The van der Waals surface area contributed by atoms with Gasteiger partial charge in [0.1, 0.15) is 17.4 Å². The molecule has 1 aromatic carbocycles. The van der Waals surface area contributed by atoms with E-state index in [0.29, 0.717) is 17.0 Å². The van der Waals surface area contributed by atoms with Gasteiger partial charge in [-0.2, -0.15) is 11.3 Å². The minimum Gasteiger partial charge on any atom is -0.453 e. The highest BCUT2D eigenvalue weighted by molar-refractivity contribution is 7.14. The summed E-state index contributed by atoms with van der Waals surface area (Å²) in [5.41, 5.74) is 3.18. The number of thiophene rings is 1. The van der Waals surface area contributed by atoms with E-state index < -0.39 is 5.97 Å². The first-order valence-electron chi connectivity index (χ1n) is 8.45. The van der Waals surface area contributed by atoms with Gasteiger partial charge in [-0.25, -0.2) is 9.78 Å². The smallest absolute Gasteiger partial charge is 0.374 e. The van der Waals surface area contributed by atoms with E-state index in [2.05, 4.69) is 4.98 Å². The Morgan fingerprint density at radius 1 is 1.04 bits per heavy atom. The van der Waals surface area contributed by atoms with Gasteiger partial charge >= 0.3 is 5.97 Å². The molecule has 28 heavy (non-hydrogen) atoms. The Balaban J connectivity index is 1.40. The van der Waals surface area contributed by atoms with Gasteiger partial charge in [-0.15, -0.1) is 11.3 Å². The van der Waals surface area contributed by atoms with Crippen LogP contribution in [0.2, 0.25) is 0 Å². The Hall–Kier alpha value is -3.03. The maximum absolute atomic E-state index is 12.3. The number of carbonyl (C=O) groups is 2. The summed E-state index contributed by atoms with van der Waals surface area (Å²) >= 11 is 3.13. The van der Waals surface area contributed by atoms with E-state index in [4.69, 9.17) is 9.15 Å². The van der Waals surface area contributed by atoms with Gasteiger partial charge in [0.15, 0.2) is 5.78 Å². The molecule has 0 aliphatic carbocycles. The molecule has 7 heteroatoms. The van der Waals surface area contributed by atoms with E-state index in [-0.39, 0.29) is 18.2 Å². The van der Waals surface area contributed by atoms with Crippen LogP contribution in [-0.4, -0.2) is 16.7 Å². The lowest BCUT2D eigenvalue weighted by Crippen LogP contribution is -2.04. The first-order valence-corrected chi connectivity index (χ1v) is 10.3. The highest BCUT2D eigenvalue weighted by atomic mass is 32.1. The van der Waals surface area contributed by atoms with Gasteiger partial charge in [0, 0.05) is 27.5 Å². The third-order valence-electron chi connectivity index (χ3n) is 4.05. The molecule has 0 aliphatic rings. The second-order valence-corrected chi connectivity index (χ2v) is 7.67. The number of ether oxygens (including phenoxy) is 1. The molecule has 5 nitrogen and oxygen atoms in total. The van der Waals surface area contributed by atoms with Crippen LogP contribution in [0.3, 0.4) is 0 Å². The zero-order valence-corrected chi connectivity index (χ0v) is 16.5. The zero-order chi connectivity index (χ0) is 19.5. The van der Waals surface area contributed by atoms with E-state index in [1.807, 2.05) is 22.2 Å². The van der Waals surface area contributed by atoms with E-state index in [9.17, 15) is 9.59 Å². The van der Waals surface area contributed by atoms with Gasteiger partial charge in [0.2, 0.25) is 5.76 Å². The predicted molar refractivity (Wildman–Crippen MR) is 109 cm³/mol. The van der Waals surface area contributed by atoms with Gasteiger partial charge in [0.05, 0.1) is 5.69 Å². The van der Waals surface area contributed by atoms with Gasteiger partial charge < -0.3 is 9.15 Å². The molecular weight excluding hydrogens is 394 g/mol. The predicted octanol–water partition coefficient (Wildman–Crippen LogP) is 5.69. The molecule has 3 aromatic heterocycles. The van der Waals surface area contributed by atoms with E-state index >= 15 is 0 Å². The second kappa shape index (κ2) is 7.92. The van der Waals surface area contributed by atoms with Crippen LogP contribution in [-0.2, 0) is 11.3 Å². The number of ketones is 1. The van der Waals surface area contributed by atoms with Crippen LogP contribution in [0.1, 0.15) is 33.5 Å². The van der Waals surface area contributed by atoms with Gasteiger partial charge in [-0.1, -0.05) is 24.3 Å². The molecule has 0 bridgehead atoms. The number of aromatic nitrogens is 1. The fraction of sp³-hybridized carbons (Fsp3) is 0.0952. The van der Waals surface area contributed by atoms with Crippen LogP contribution in [0.5, 0.6) is 0 Å². The highest BCUT2D eigenvalue weighted by Crippen LogP contribution is 2.26. The lowest BCUT2D eigenvalue weighted by Gasteiger charge is -2.01. The van der Waals surface area contributed by atoms with Crippen molar-refractivity contribution < 1.29 is 18.7 Å². The lowest BCUT2D eigenvalue weighted by atomic mass is 10.1. The van der Waals surface area contributed by atoms with E-state index in [0.717, 1.165) is 16.1 Å². The summed E-state index contributed by atoms with van der Waals surface area (Å²) in [4.78, 5) is 28.1. The van der Waals surface area contributed by atoms with Crippen molar-refractivity contribution in [2.24, 2.45) is 0 Å². The topological polar surface area (TPSA) is 69.4 Å². The average Bonchev–Trinajstić information content (AvgIpc) is 3.47. The molecule has 140 valence electrons. The van der Waals surface area contributed by atoms with Crippen molar-refractivity contribution >= 4 is 34.4 Å². The SMILES string of the molecule is CC(=O)c1ccc(-c2ccc(C(=O)OCc3csc(-c4ccsc4)n3)o2)cc1. The Morgan fingerprint density at radius 2 is 1.86 bits per heavy atom. The molecule has 0 radical (unpaired) electrons. The van der Waals surface area contributed by atoms with Crippen molar-refractivity contribution in [1.82, 2.24) is 4.98 Å². The largest absolute Gasteiger partial charge is 0.453 e. The number of furan rings is 1. The molecular formula is C21H15NO4S2. The number of hydrogen-bond donors (Lipinski definition) is 0.